The molecule has 1 aliphatic heterocycles. The van der Waals surface area contributed by atoms with Crippen molar-refractivity contribution in [3.63, 3.8) is 0 Å². The number of hydrogen-bond donors (Lipinski definition) is 1. The maximum Gasteiger partial charge on any atom is 0.320 e. The molecule has 0 aromatic heterocycles. The van der Waals surface area contributed by atoms with Gasteiger partial charge in [0.15, 0.2) is 0 Å². The Labute approximate surface area is 147 Å². The van der Waals surface area contributed by atoms with Crippen molar-refractivity contribution in [2.75, 3.05) is 25.5 Å². The van der Waals surface area contributed by atoms with Crippen LogP contribution in [-0.2, 0) is 4.79 Å². The fourth-order valence-electron chi connectivity index (χ4n) is 3.56. The van der Waals surface area contributed by atoms with Gasteiger partial charge in [-0.05, 0) is 36.6 Å². The quantitative estimate of drug-likeness (QED) is 0.903. The molecule has 0 amide bonds. The average molecular weight is 342 g/mol. The molecule has 2 atom stereocenters. The van der Waals surface area contributed by atoms with Crippen LogP contribution >= 0.6 is 0 Å². The molecule has 1 aliphatic rings. The molecule has 4 nitrogen and oxygen atoms in total. The van der Waals surface area contributed by atoms with Crippen LogP contribution in [0.15, 0.2) is 48.5 Å². The minimum atomic E-state index is -0.844. The van der Waals surface area contributed by atoms with Crippen LogP contribution < -0.4 is 4.90 Å². The second-order valence-corrected chi connectivity index (χ2v) is 6.64. The molecule has 0 aliphatic carbocycles. The van der Waals surface area contributed by atoms with Crippen molar-refractivity contribution in [3.8, 4) is 0 Å². The van der Waals surface area contributed by atoms with Crippen LogP contribution in [0.3, 0.4) is 0 Å². The van der Waals surface area contributed by atoms with Gasteiger partial charge in [-0.2, -0.15) is 0 Å². The van der Waals surface area contributed by atoms with Crippen LogP contribution in [0.1, 0.15) is 30.0 Å². The number of aliphatic carboxylic acids is 1. The summed E-state index contributed by atoms with van der Waals surface area (Å²) in [5.41, 5.74) is 2.48. The zero-order valence-electron chi connectivity index (χ0n) is 14.5. The first kappa shape index (κ1) is 17.4. The lowest BCUT2D eigenvalue weighted by Crippen LogP contribution is -2.39. The van der Waals surface area contributed by atoms with Gasteiger partial charge in [-0.15, -0.1) is 0 Å². The standard InChI is InChI=1S/C20H23FN2O2/c1-22(2)15-11-9-14(10-12-15)19(16-6-3-4-7-17(16)21)23-13-5-8-18(23)20(24)25/h3-4,6-7,9-12,18-19H,5,8,13H2,1-2H3,(H,24,25). The number of anilines is 1. The van der Waals surface area contributed by atoms with E-state index in [9.17, 15) is 14.3 Å². The number of hydrogen-bond acceptors (Lipinski definition) is 3. The Balaban J connectivity index is 2.06. The largest absolute Gasteiger partial charge is 0.480 e. The van der Waals surface area contributed by atoms with Gasteiger partial charge in [-0.3, -0.25) is 9.69 Å². The lowest BCUT2D eigenvalue weighted by Gasteiger charge is -2.32. The molecule has 2 aromatic rings. The topological polar surface area (TPSA) is 43.8 Å². The number of carboxylic acids is 1. The normalized spacial score (nSPS) is 18.9. The number of rotatable bonds is 5. The predicted octanol–water partition coefficient (Wildman–Crippen LogP) is 3.53. The van der Waals surface area contributed by atoms with Crippen LogP contribution in [0.4, 0.5) is 10.1 Å². The highest BCUT2D eigenvalue weighted by atomic mass is 19.1. The summed E-state index contributed by atoms with van der Waals surface area (Å²) >= 11 is 0. The van der Waals surface area contributed by atoms with E-state index < -0.39 is 18.1 Å². The minimum Gasteiger partial charge on any atom is -0.480 e. The van der Waals surface area contributed by atoms with Gasteiger partial charge in [0.1, 0.15) is 11.9 Å². The average Bonchev–Trinajstić information content (AvgIpc) is 3.07. The number of nitrogens with zero attached hydrogens (tertiary/aromatic N) is 2. The molecule has 1 saturated heterocycles. The molecule has 2 aromatic carbocycles. The molecule has 1 heterocycles. The van der Waals surface area contributed by atoms with Crippen molar-refractivity contribution >= 4 is 11.7 Å². The van der Waals surface area contributed by atoms with E-state index in [0.717, 1.165) is 17.7 Å². The van der Waals surface area contributed by atoms with Crippen molar-refractivity contribution in [2.45, 2.75) is 24.9 Å². The van der Waals surface area contributed by atoms with E-state index in [1.165, 1.54) is 6.07 Å². The van der Waals surface area contributed by atoms with Crippen LogP contribution in [0, 0.1) is 5.82 Å². The van der Waals surface area contributed by atoms with Crippen LogP contribution in [0.5, 0.6) is 0 Å². The van der Waals surface area contributed by atoms with E-state index in [1.807, 2.05) is 48.2 Å². The summed E-state index contributed by atoms with van der Waals surface area (Å²) in [6, 6.07) is 13.5. The molecule has 25 heavy (non-hydrogen) atoms. The third kappa shape index (κ3) is 3.51. The first-order valence-electron chi connectivity index (χ1n) is 8.49. The Morgan fingerprint density at radius 1 is 1.20 bits per heavy atom. The molecule has 0 saturated carbocycles. The van der Waals surface area contributed by atoms with Crippen molar-refractivity contribution in [2.24, 2.45) is 0 Å². The highest BCUT2D eigenvalue weighted by Crippen LogP contribution is 2.36. The second-order valence-electron chi connectivity index (χ2n) is 6.64. The molecule has 3 rings (SSSR count). The summed E-state index contributed by atoms with van der Waals surface area (Å²) in [5.74, 6) is -1.15. The van der Waals surface area contributed by atoms with Crippen molar-refractivity contribution in [1.82, 2.24) is 4.90 Å². The zero-order chi connectivity index (χ0) is 18.0. The third-order valence-corrected chi connectivity index (χ3v) is 4.84. The van der Waals surface area contributed by atoms with E-state index in [4.69, 9.17) is 0 Å². The summed E-state index contributed by atoms with van der Waals surface area (Å²) in [5, 5.41) is 9.57. The SMILES string of the molecule is CN(C)c1ccc(C(c2ccccc2F)N2CCCC2C(=O)O)cc1. The molecule has 1 fully saturated rings. The van der Waals surface area contributed by atoms with Gasteiger partial charge in [0.05, 0.1) is 6.04 Å². The predicted molar refractivity (Wildman–Crippen MR) is 96.4 cm³/mol. The fraction of sp³-hybridized carbons (Fsp3) is 0.350. The van der Waals surface area contributed by atoms with E-state index in [-0.39, 0.29) is 5.82 Å². The molecule has 5 heteroatoms. The van der Waals surface area contributed by atoms with E-state index in [2.05, 4.69) is 0 Å². The Hall–Kier alpha value is -2.40. The highest BCUT2D eigenvalue weighted by Gasteiger charge is 2.37. The van der Waals surface area contributed by atoms with Crippen LogP contribution in [0.25, 0.3) is 0 Å². The number of halogens is 1. The number of likely N-dealkylation sites (tertiary alicyclic amines) is 1. The number of carbonyl (C=O) groups is 1. The monoisotopic (exact) mass is 342 g/mol. The number of carboxylic acid groups (broad SMARTS) is 1. The summed E-state index contributed by atoms with van der Waals surface area (Å²) in [7, 11) is 3.93. The smallest absolute Gasteiger partial charge is 0.320 e. The molecule has 0 radical (unpaired) electrons. The molecular weight excluding hydrogens is 319 g/mol. The van der Waals surface area contributed by atoms with E-state index in [0.29, 0.717) is 18.5 Å². The van der Waals surface area contributed by atoms with Gasteiger partial charge >= 0.3 is 5.97 Å². The maximum absolute atomic E-state index is 14.5. The molecule has 0 spiro atoms. The molecular formula is C20H23FN2O2. The summed E-state index contributed by atoms with van der Waals surface area (Å²) in [4.78, 5) is 15.6. The van der Waals surface area contributed by atoms with E-state index in [1.54, 1.807) is 18.2 Å². The first-order valence-corrected chi connectivity index (χ1v) is 8.49. The van der Waals surface area contributed by atoms with Gasteiger partial charge in [0.2, 0.25) is 0 Å². The van der Waals surface area contributed by atoms with Crippen LogP contribution in [-0.4, -0.2) is 42.7 Å². The summed E-state index contributed by atoms with van der Waals surface area (Å²) < 4.78 is 14.5. The van der Waals surface area contributed by atoms with Crippen LogP contribution in [0.2, 0.25) is 0 Å². The second kappa shape index (κ2) is 7.23. The lowest BCUT2D eigenvalue weighted by atomic mass is 9.95. The Bertz CT molecular complexity index is 746. The summed E-state index contributed by atoms with van der Waals surface area (Å²) in [6.07, 6.45) is 1.40. The Kier molecular flexibility index (Phi) is 5.04. The maximum atomic E-state index is 14.5. The molecule has 0 bridgehead atoms. The lowest BCUT2D eigenvalue weighted by molar-refractivity contribution is -0.142. The molecule has 132 valence electrons. The van der Waals surface area contributed by atoms with Crippen molar-refractivity contribution < 1.29 is 14.3 Å². The highest BCUT2D eigenvalue weighted by molar-refractivity contribution is 5.74. The first-order chi connectivity index (χ1) is 12.0. The van der Waals surface area contributed by atoms with E-state index >= 15 is 0 Å². The zero-order valence-corrected chi connectivity index (χ0v) is 14.5. The van der Waals surface area contributed by atoms with Gasteiger partial charge in [-0.25, -0.2) is 4.39 Å². The van der Waals surface area contributed by atoms with Crippen molar-refractivity contribution in [1.29, 1.82) is 0 Å². The van der Waals surface area contributed by atoms with Gasteiger partial charge in [0, 0.05) is 31.9 Å². The Morgan fingerprint density at radius 3 is 2.48 bits per heavy atom. The van der Waals surface area contributed by atoms with Gasteiger partial charge in [0.25, 0.3) is 0 Å². The summed E-state index contributed by atoms with van der Waals surface area (Å²) in [6.45, 7) is 0.644. The Morgan fingerprint density at radius 2 is 1.88 bits per heavy atom. The fourth-order valence-corrected chi connectivity index (χ4v) is 3.56. The molecule has 1 N–H and O–H groups in total. The molecule has 2 unspecified atom stereocenters. The minimum absolute atomic E-state index is 0.305. The van der Waals surface area contributed by atoms with Crippen molar-refractivity contribution in [3.05, 3.63) is 65.5 Å². The van der Waals surface area contributed by atoms with Gasteiger partial charge < -0.3 is 10.0 Å². The third-order valence-electron chi connectivity index (χ3n) is 4.84. The number of benzene rings is 2. The van der Waals surface area contributed by atoms with Gasteiger partial charge in [-0.1, -0.05) is 30.3 Å².